The maximum Gasteiger partial charge on any atom is 0.144 e. The first-order chi connectivity index (χ1) is 25.7. The monoisotopic (exact) mass is 702 g/mol. The number of benzene rings is 6. The van der Waals surface area contributed by atoms with E-state index in [1.165, 1.54) is 99.1 Å². The van der Waals surface area contributed by atoms with Gasteiger partial charge in [-0.2, -0.15) is 0 Å². The largest absolute Gasteiger partial charge is 0.455 e. The number of fused-ring (bicyclic) bond motifs is 11. The fourth-order valence-electron chi connectivity index (χ4n) is 9.48. The second-order valence-electron chi connectivity index (χ2n) is 18.0. The highest BCUT2D eigenvalue weighted by atomic mass is 16.3. The van der Waals surface area contributed by atoms with E-state index in [1.807, 2.05) is 0 Å². The summed E-state index contributed by atoms with van der Waals surface area (Å²) in [5, 5.41) is 7.23. The predicted octanol–water partition coefficient (Wildman–Crippen LogP) is 12.6. The minimum absolute atomic E-state index is 0.0606. The highest BCUT2D eigenvalue weighted by Gasteiger charge is 2.33. The molecule has 0 spiro atoms. The van der Waals surface area contributed by atoms with Gasteiger partial charge < -0.3 is 8.83 Å². The summed E-state index contributed by atoms with van der Waals surface area (Å²) in [6.45, 7) is 22.8. The number of furan rings is 2. The molecule has 0 atom stereocenters. The van der Waals surface area contributed by atoms with Crippen LogP contribution < -0.4 is 10.4 Å². The summed E-state index contributed by atoms with van der Waals surface area (Å²) in [5.41, 5.74) is 19.6. The molecule has 2 aliphatic carbocycles. The summed E-state index contributed by atoms with van der Waals surface area (Å²) in [7, 11) is 0. The van der Waals surface area contributed by atoms with Crippen molar-refractivity contribution >= 4 is 43.9 Å². The Morgan fingerprint density at radius 1 is 0.407 bits per heavy atom. The lowest BCUT2D eigenvalue weighted by Crippen LogP contribution is -2.14. The first-order valence-corrected chi connectivity index (χ1v) is 19.3. The summed E-state index contributed by atoms with van der Waals surface area (Å²) in [6, 6.07) is 36.2. The lowest BCUT2D eigenvalue weighted by atomic mass is 9.82. The quantitative estimate of drug-likeness (QED) is 0.179. The average Bonchev–Trinajstić information content (AvgIpc) is 3.83. The lowest BCUT2D eigenvalue weighted by Gasteiger charge is -2.23. The summed E-state index contributed by atoms with van der Waals surface area (Å²) < 4.78 is 13.7. The SMILES string of the molecule is Cc1cc(C(C)(C)C)cc(C)c1C1=c2cc3cc4c(cc3cc2-c2c1oc1ccccc21)=C(c1c(C)cc(C(C)(C)C)cc1C)c1oc2ccccc2c1-4. The van der Waals surface area contributed by atoms with Crippen molar-refractivity contribution in [3.63, 3.8) is 0 Å². The van der Waals surface area contributed by atoms with E-state index < -0.39 is 0 Å². The second-order valence-corrected chi connectivity index (χ2v) is 18.0. The standard InChI is InChI=1S/C52H46O2/c1-27-19-33(51(5,6)7)20-28(2)43(27)47-39-25-31-24-38-40(26-32(31)23-37(39)45-35-15-11-13-17-41(35)53-49(45)47)48(50-46(38)36-16-12-14-18-42(36)54-50)44-29(3)21-34(22-30(44)4)52(8,9)10/h11-26H,1-10H3. The second kappa shape index (κ2) is 11.0. The van der Waals surface area contributed by atoms with Gasteiger partial charge in [0.1, 0.15) is 22.7 Å². The molecule has 2 nitrogen and oxygen atoms in total. The van der Waals surface area contributed by atoms with Crippen molar-refractivity contribution < 1.29 is 8.83 Å². The van der Waals surface area contributed by atoms with Crippen molar-refractivity contribution in [1.29, 1.82) is 0 Å². The first-order valence-electron chi connectivity index (χ1n) is 19.3. The van der Waals surface area contributed by atoms with Gasteiger partial charge >= 0.3 is 0 Å². The Bertz CT molecular complexity index is 2830. The number of para-hydroxylation sites is 2. The number of hydrogen-bond donors (Lipinski definition) is 0. The molecule has 266 valence electrons. The van der Waals surface area contributed by atoms with Crippen LogP contribution >= 0.6 is 0 Å². The van der Waals surface area contributed by atoms with Gasteiger partial charge in [0.25, 0.3) is 0 Å². The Morgan fingerprint density at radius 3 is 1.11 bits per heavy atom. The smallest absolute Gasteiger partial charge is 0.144 e. The van der Waals surface area contributed by atoms with Crippen molar-refractivity contribution in [1.82, 2.24) is 0 Å². The molecule has 54 heavy (non-hydrogen) atoms. The van der Waals surface area contributed by atoms with E-state index >= 15 is 0 Å². The van der Waals surface area contributed by atoms with Crippen LogP contribution in [0.3, 0.4) is 0 Å². The van der Waals surface area contributed by atoms with Crippen molar-refractivity contribution in [2.45, 2.75) is 80.1 Å². The van der Waals surface area contributed by atoms with Crippen molar-refractivity contribution in [2.24, 2.45) is 0 Å². The fourth-order valence-corrected chi connectivity index (χ4v) is 9.48. The summed E-state index contributed by atoms with van der Waals surface area (Å²) in [4.78, 5) is 0. The molecule has 8 aromatic rings. The van der Waals surface area contributed by atoms with Crippen LogP contribution in [0, 0.1) is 27.7 Å². The highest BCUT2D eigenvalue weighted by molar-refractivity contribution is 6.12. The van der Waals surface area contributed by atoms with Crippen LogP contribution in [0.15, 0.2) is 106 Å². The molecule has 6 aromatic carbocycles. The van der Waals surface area contributed by atoms with E-state index in [0.29, 0.717) is 0 Å². The van der Waals surface area contributed by atoms with Crippen LogP contribution in [0.1, 0.15) is 97.6 Å². The summed E-state index contributed by atoms with van der Waals surface area (Å²) in [5.74, 6) is 1.95. The van der Waals surface area contributed by atoms with Gasteiger partial charge in [-0.3, -0.25) is 0 Å². The Hall–Kier alpha value is -5.60. The minimum atomic E-state index is 0.0606. The molecule has 2 heteroatoms. The summed E-state index contributed by atoms with van der Waals surface area (Å²) >= 11 is 0. The van der Waals surface area contributed by atoms with Crippen molar-refractivity contribution in [3.8, 4) is 22.3 Å². The molecule has 0 unspecified atom stereocenters. The Kier molecular flexibility index (Phi) is 6.71. The first kappa shape index (κ1) is 33.0. The molecule has 0 fully saturated rings. The van der Waals surface area contributed by atoms with E-state index in [9.17, 15) is 0 Å². The van der Waals surface area contributed by atoms with Crippen LogP contribution in [-0.4, -0.2) is 0 Å². The zero-order valence-electron chi connectivity index (χ0n) is 33.1. The van der Waals surface area contributed by atoms with Gasteiger partial charge in [0.05, 0.1) is 0 Å². The van der Waals surface area contributed by atoms with Gasteiger partial charge in [0, 0.05) is 33.0 Å². The van der Waals surface area contributed by atoms with E-state index in [2.05, 4.69) is 166 Å². The van der Waals surface area contributed by atoms with Gasteiger partial charge in [-0.1, -0.05) is 102 Å². The maximum absolute atomic E-state index is 6.84. The molecular weight excluding hydrogens is 657 g/mol. The average molecular weight is 703 g/mol. The zero-order chi connectivity index (χ0) is 37.6. The minimum Gasteiger partial charge on any atom is -0.455 e. The van der Waals surface area contributed by atoms with Crippen LogP contribution in [0.5, 0.6) is 0 Å². The van der Waals surface area contributed by atoms with Crippen LogP contribution in [0.4, 0.5) is 0 Å². The number of aryl methyl sites for hydroxylation is 4. The van der Waals surface area contributed by atoms with E-state index in [1.54, 1.807) is 0 Å². The molecule has 10 rings (SSSR count). The van der Waals surface area contributed by atoms with Crippen LogP contribution in [0.2, 0.25) is 0 Å². The summed E-state index contributed by atoms with van der Waals surface area (Å²) in [6.07, 6.45) is 0. The molecule has 0 saturated carbocycles. The van der Waals surface area contributed by atoms with Crippen LogP contribution in [0.25, 0.3) is 66.1 Å². The fraction of sp³-hybridized carbons (Fsp3) is 0.231. The molecule has 0 N–H and O–H groups in total. The Morgan fingerprint density at radius 2 is 0.759 bits per heavy atom. The van der Waals surface area contributed by atoms with Gasteiger partial charge in [-0.15, -0.1) is 0 Å². The van der Waals surface area contributed by atoms with Gasteiger partial charge in [-0.05, 0) is 152 Å². The molecule has 2 heterocycles. The molecule has 2 aromatic heterocycles. The van der Waals surface area contributed by atoms with E-state index in [-0.39, 0.29) is 10.8 Å². The van der Waals surface area contributed by atoms with Crippen molar-refractivity contribution in [3.05, 3.63) is 164 Å². The number of rotatable bonds is 2. The van der Waals surface area contributed by atoms with E-state index in [0.717, 1.165) is 33.5 Å². The third-order valence-electron chi connectivity index (χ3n) is 12.1. The third kappa shape index (κ3) is 4.59. The zero-order valence-corrected chi connectivity index (χ0v) is 33.1. The lowest BCUT2D eigenvalue weighted by molar-refractivity contribution is 0.588. The molecule has 0 bridgehead atoms. The molecule has 2 aliphatic rings. The number of hydrogen-bond acceptors (Lipinski definition) is 2. The third-order valence-corrected chi connectivity index (χ3v) is 12.1. The Balaban J connectivity index is 1.32. The van der Waals surface area contributed by atoms with Crippen LogP contribution in [-0.2, 0) is 10.8 Å². The highest BCUT2D eigenvalue weighted by Crippen LogP contribution is 2.48. The van der Waals surface area contributed by atoms with Gasteiger partial charge in [0.2, 0.25) is 0 Å². The van der Waals surface area contributed by atoms with Gasteiger partial charge in [-0.25, -0.2) is 0 Å². The molecular formula is C52H46O2. The van der Waals surface area contributed by atoms with E-state index in [4.69, 9.17) is 8.83 Å². The van der Waals surface area contributed by atoms with Crippen molar-refractivity contribution in [2.75, 3.05) is 0 Å². The molecule has 0 saturated heterocycles. The molecule has 0 aliphatic heterocycles. The topological polar surface area (TPSA) is 26.3 Å². The normalized spacial score (nSPS) is 13.7. The van der Waals surface area contributed by atoms with Gasteiger partial charge in [0.15, 0.2) is 0 Å². The Labute approximate surface area is 317 Å². The predicted molar refractivity (Wildman–Crippen MR) is 226 cm³/mol. The maximum atomic E-state index is 6.84. The molecule has 0 amide bonds. The molecule has 0 radical (unpaired) electrons.